The van der Waals surface area contributed by atoms with Crippen molar-refractivity contribution in [3.8, 4) is 0 Å². The molecule has 0 spiro atoms. The van der Waals surface area contributed by atoms with Crippen molar-refractivity contribution in [1.82, 2.24) is 0 Å². The molecule has 0 amide bonds. The van der Waals surface area contributed by atoms with E-state index in [0.717, 1.165) is 0 Å². The van der Waals surface area contributed by atoms with Crippen LogP contribution in [0.5, 0.6) is 0 Å². The van der Waals surface area contributed by atoms with E-state index in [9.17, 15) is 0 Å². The molecule has 0 N–H and O–H groups in total. The molecule has 17 heavy (non-hydrogen) atoms. The average Bonchev–Trinajstić information content (AvgIpc) is 2.23. The third-order valence-corrected chi connectivity index (χ3v) is 2.25. The highest BCUT2D eigenvalue weighted by Gasteiger charge is 2.10. The van der Waals surface area contributed by atoms with Crippen LogP contribution in [0.2, 0.25) is 0 Å². The molecule has 2 nitrogen and oxygen atoms in total. The fraction of sp³-hybridized carbons (Fsp3) is 0.600. The minimum absolute atomic E-state index is 0.0928. The fourth-order valence-electron chi connectivity index (χ4n) is 1.37. The van der Waals surface area contributed by atoms with Crippen LogP contribution in [0.15, 0.2) is 24.3 Å². The van der Waals surface area contributed by atoms with Crippen LogP contribution in [0.1, 0.15) is 45.7 Å². The van der Waals surface area contributed by atoms with Gasteiger partial charge in [-0.15, -0.1) is 0 Å². The van der Waals surface area contributed by atoms with Gasteiger partial charge in [-0.05, 0) is 45.7 Å². The molecule has 0 heterocycles. The van der Waals surface area contributed by atoms with Crippen molar-refractivity contribution < 1.29 is 9.47 Å². The lowest BCUT2D eigenvalue weighted by Crippen LogP contribution is -2.18. The summed E-state index contributed by atoms with van der Waals surface area (Å²) in [7, 11) is 0. The van der Waals surface area contributed by atoms with Gasteiger partial charge in [0.1, 0.15) is 0 Å². The Balaban J connectivity index is 2.54. The molecule has 0 fully saturated rings. The summed E-state index contributed by atoms with van der Waals surface area (Å²) in [5.41, 5.74) is 2.31. The van der Waals surface area contributed by atoms with Crippen molar-refractivity contribution >= 4 is 0 Å². The molecular weight excluding hydrogens is 212 g/mol. The van der Waals surface area contributed by atoms with Gasteiger partial charge in [0, 0.05) is 0 Å². The Hall–Kier alpha value is -0.860. The standard InChI is InChI=1S/C15H24O2/c1-12(2)16-10-13-7-6-8-14(9-13)11-17-15(3,4)5/h6-9,12H,10-11H2,1-5H3. The third kappa shape index (κ3) is 6.44. The summed E-state index contributed by atoms with van der Waals surface area (Å²) in [5.74, 6) is 0. The second kappa shape index (κ2) is 6.18. The Kier molecular flexibility index (Phi) is 5.16. The molecule has 0 aliphatic heterocycles. The first-order valence-electron chi connectivity index (χ1n) is 6.20. The lowest BCUT2D eigenvalue weighted by atomic mass is 10.1. The predicted molar refractivity (Wildman–Crippen MR) is 70.9 cm³/mol. The Morgan fingerprint density at radius 1 is 1.06 bits per heavy atom. The summed E-state index contributed by atoms with van der Waals surface area (Å²) >= 11 is 0. The van der Waals surface area contributed by atoms with Crippen LogP contribution in [0.3, 0.4) is 0 Å². The van der Waals surface area contributed by atoms with E-state index in [0.29, 0.717) is 13.2 Å². The van der Waals surface area contributed by atoms with E-state index in [1.807, 2.05) is 13.8 Å². The van der Waals surface area contributed by atoms with Crippen molar-refractivity contribution in [2.75, 3.05) is 0 Å². The summed E-state index contributed by atoms with van der Waals surface area (Å²) in [6.07, 6.45) is 0.268. The zero-order valence-corrected chi connectivity index (χ0v) is 11.6. The summed E-state index contributed by atoms with van der Waals surface area (Å²) in [5, 5.41) is 0. The van der Waals surface area contributed by atoms with Gasteiger partial charge in [-0.1, -0.05) is 24.3 Å². The second-order valence-corrected chi connectivity index (χ2v) is 5.58. The van der Waals surface area contributed by atoms with Crippen molar-refractivity contribution in [2.45, 2.75) is 59.5 Å². The lowest BCUT2D eigenvalue weighted by Gasteiger charge is -2.19. The van der Waals surface area contributed by atoms with E-state index in [2.05, 4.69) is 45.0 Å². The van der Waals surface area contributed by atoms with Gasteiger partial charge >= 0.3 is 0 Å². The van der Waals surface area contributed by atoms with Crippen LogP contribution in [-0.2, 0) is 22.7 Å². The Morgan fingerprint density at radius 2 is 1.65 bits per heavy atom. The summed E-state index contributed by atoms with van der Waals surface area (Å²) in [6, 6.07) is 8.38. The fourth-order valence-corrected chi connectivity index (χ4v) is 1.37. The van der Waals surface area contributed by atoms with E-state index >= 15 is 0 Å². The largest absolute Gasteiger partial charge is 0.374 e. The summed E-state index contributed by atoms with van der Waals surface area (Å²) in [4.78, 5) is 0. The van der Waals surface area contributed by atoms with E-state index in [1.54, 1.807) is 0 Å². The molecule has 1 aromatic rings. The number of hydrogen-bond donors (Lipinski definition) is 0. The first-order valence-corrected chi connectivity index (χ1v) is 6.20. The first kappa shape index (κ1) is 14.2. The molecule has 1 aromatic carbocycles. The van der Waals surface area contributed by atoms with E-state index in [1.165, 1.54) is 11.1 Å². The van der Waals surface area contributed by atoms with Crippen molar-refractivity contribution in [3.05, 3.63) is 35.4 Å². The third-order valence-electron chi connectivity index (χ3n) is 2.25. The molecule has 96 valence electrons. The average molecular weight is 236 g/mol. The highest BCUT2D eigenvalue weighted by molar-refractivity contribution is 5.22. The monoisotopic (exact) mass is 236 g/mol. The molecule has 0 saturated carbocycles. The number of hydrogen-bond acceptors (Lipinski definition) is 2. The molecule has 0 aliphatic carbocycles. The molecule has 1 rings (SSSR count). The molecule has 2 heteroatoms. The predicted octanol–water partition coefficient (Wildman–Crippen LogP) is 3.93. The van der Waals surface area contributed by atoms with Gasteiger partial charge in [0.25, 0.3) is 0 Å². The molecule has 0 radical (unpaired) electrons. The Morgan fingerprint density at radius 3 is 2.18 bits per heavy atom. The van der Waals surface area contributed by atoms with Crippen LogP contribution in [0, 0.1) is 0 Å². The molecule has 0 atom stereocenters. The van der Waals surface area contributed by atoms with Crippen LogP contribution >= 0.6 is 0 Å². The van der Waals surface area contributed by atoms with Crippen molar-refractivity contribution in [3.63, 3.8) is 0 Å². The molecular formula is C15H24O2. The van der Waals surface area contributed by atoms with Gasteiger partial charge in [-0.2, -0.15) is 0 Å². The van der Waals surface area contributed by atoms with Crippen LogP contribution in [-0.4, -0.2) is 11.7 Å². The number of rotatable bonds is 5. The second-order valence-electron chi connectivity index (χ2n) is 5.58. The minimum Gasteiger partial charge on any atom is -0.374 e. The highest BCUT2D eigenvalue weighted by atomic mass is 16.5. The van der Waals surface area contributed by atoms with E-state index in [-0.39, 0.29) is 11.7 Å². The van der Waals surface area contributed by atoms with Crippen LogP contribution in [0.4, 0.5) is 0 Å². The van der Waals surface area contributed by atoms with Gasteiger partial charge < -0.3 is 9.47 Å². The highest BCUT2D eigenvalue weighted by Crippen LogP contribution is 2.13. The van der Waals surface area contributed by atoms with Gasteiger partial charge in [-0.3, -0.25) is 0 Å². The van der Waals surface area contributed by atoms with Crippen molar-refractivity contribution in [1.29, 1.82) is 0 Å². The van der Waals surface area contributed by atoms with Crippen LogP contribution in [0.25, 0.3) is 0 Å². The smallest absolute Gasteiger partial charge is 0.0724 e. The van der Waals surface area contributed by atoms with E-state index < -0.39 is 0 Å². The maximum absolute atomic E-state index is 5.76. The molecule has 0 unspecified atom stereocenters. The number of ether oxygens (including phenoxy) is 2. The maximum atomic E-state index is 5.76. The molecule has 0 bridgehead atoms. The summed E-state index contributed by atoms with van der Waals surface area (Å²) in [6.45, 7) is 11.6. The van der Waals surface area contributed by atoms with E-state index in [4.69, 9.17) is 9.47 Å². The molecule has 0 saturated heterocycles. The topological polar surface area (TPSA) is 18.5 Å². The lowest BCUT2D eigenvalue weighted by molar-refractivity contribution is -0.0150. The van der Waals surface area contributed by atoms with Gasteiger partial charge in [-0.25, -0.2) is 0 Å². The normalized spacial score (nSPS) is 12.1. The zero-order valence-electron chi connectivity index (χ0n) is 11.6. The quantitative estimate of drug-likeness (QED) is 0.771. The van der Waals surface area contributed by atoms with Crippen molar-refractivity contribution in [2.24, 2.45) is 0 Å². The minimum atomic E-state index is -0.0928. The van der Waals surface area contributed by atoms with Gasteiger partial charge in [0.2, 0.25) is 0 Å². The molecule has 0 aromatic heterocycles. The zero-order chi connectivity index (χ0) is 12.9. The van der Waals surface area contributed by atoms with Crippen LogP contribution < -0.4 is 0 Å². The Labute approximate surface area is 105 Å². The first-order chi connectivity index (χ1) is 7.87. The SMILES string of the molecule is CC(C)OCc1cccc(COC(C)(C)C)c1. The van der Waals surface area contributed by atoms with Gasteiger partial charge in [0.15, 0.2) is 0 Å². The van der Waals surface area contributed by atoms with Gasteiger partial charge in [0.05, 0.1) is 24.9 Å². The Bertz CT molecular complexity index is 337. The maximum Gasteiger partial charge on any atom is 0.0724 e. The molecule has 0 aliphatic rings. The summed E-state index contributed by atoms with van der Waals surface area (Å²) < 4.78 is 11.3. The number of benzene rings is 1.